The van der Waals surface area contributed by atoms with Gasteiger partial charge in [0.1, 0.15) is 0 Å². The molecule has 0 saturated carbocycles. The molecule has 0 bridgehead atoms. The molecule has 4 heteroatoms. The Labute approximate surface area is 107 Å². The number of nitrogens with one attached hydrogen (secondary N) is 1. The fourth-order valence-electron chi connectivity index (χ4n) is 1.77. The molecule has 0 spiro atoms. The minimum Gasteiger partial charge on any atom is -0.395 e. The fraction of sp³-hybridized carbons (Fsp3) is 0.357. The minimum absolute atomic E-state index is 0.145. The van der Waals surface area contributed by atoms with Crippen molar-refractivity contribution in [3.63, 3.8) is 0 Å². The zero-order valence-corrected chi connectivity index (χ0v) is 10.6. The van der Waals surface area contributed by atoms with Gasteiger partial charge in [-0.3, -0.25) is 0 Å². The number of para-hydroxylation sites is 1. The van der Waals surface area contributed by atoms with Gasteiger partial charge in [0.25, 0.3) is 0 Å². The minimum atomic E-state index is 0.145. The quantitative estimate of drug-likeness (QED) is 0.815. The Morgan fingerprint density at radius 3 is 2.72 bits per heavy atom. The molecule has 0 saturated heterocycles. The Morgan fingerprint density at radius 2 is 2.06 bits per heavy atom. The molecule has 1 heterocycles. The number of benzene rings is 1. The number of hydrogen-bond donors (Lipinski definition) is 2. The van der Waals surface area contributed by atoms with Crippen LogP contribution in [0.3, 0.4) is 0 Å². The summed E-state index contributed by atoms with van der Waals surface area (Å²) in [5, 5.41) is 16.9. The van der Waals surface area contributed by atoms with Crippen LogP contribution in [-0.2, 0) is 6.54 Å². The molecule has 96 valence electrons. The molecule has 0 aliphatic heterocycles. The topological polar surface area (TPSA) is 50.1 Å². The summed E-state index contributed by atoms with van der Waals surface area (Å²) < 4.78 is 1.86. The third-order valence-electron chi connectivity index (χ3n) is 2.95. The normalized spacial score (nSPS) is 12.6. The molecule has 1 aromatic heterocycles. The van der Waals surface area contributed by atoms with E-state index in [0.29, 0.717) is 6.54 Å². The number of aliphatic hydroxyl groups excluding tert-OH is 1. The lowest BCUT2D eigenvalue weighted by molar-refractivity contribution is 0.238. The molecule has 18 heavy (non-hydrogen) atoms. The maximum absolute atomic E-state index is 9.10. The second-order valence-electron chi connectivity index (χ2n) is 4.26. The van der Waals surface area contributed by atoms with Crippen molar-refractivity contribution in [3.8, 4) is 5.69 Å². The predicted octanol–water partition coefficient (Wildman–Crippen LogP) is 1.73. The predicted molar refractivity (Wildman–Crippen MR) is 71.6 cm³/mol. The van der Waals surface area contributed by atoms with Crippen LogP contribution in [0.15, 0.2) is 42.6 Å². The van der Waals surface area contributed by atoms with E-state index in [1.165, 1.54) is 0 Å². The van der Waals surface area contributed by atoms with E-state index in [4.69, 9.17) is 5.11 Å². The van der Waals surface area contributed by atoms with E-state index >= 15 is 0 Å². The van der Waals surface area contributed by atoms with Crippen LogP contribution in [0.2, 0.25) is 0 Å². The van der Waals surface area contributed by atoms with Gasteiger partial charge >= 0.3 is 0 Å². The fourth-order valence-corrected chi connectivity index (χ4v) is 1.77. The average Bonchev–Trinajstić information content (AvgIpc) is 2.90. The van der Waals surface area contributed by atoms with Crippen LogP contribution in [0.4, 0.5) is 0 Å². The lowest BCUT2D eigenvalue weighted by Crippen LogP contribution is -2.31. The molecule has 4 nitrogen and oxygen atoms in total. The molecule has 0 aliphatic carbocycles. The van der Waals surface area contributed by atoms with Crippen molar-refractivity contribution in [2.75, 3.05) is 6.61 Å². The van der Waals surface area contributed by atoms with Gasteiger partial charge in [0.05, 0.1) is 18.0 Å². The van der Waals surface area contributed by atoms with Gasteiger partial charge in [-0.1, -0.05) is 25.1 Å². The van der Waals surface area contributed by atoms with E-state index in [0.717, 1.165) is 17.8 Å². The van der Waals surface area contributed by atoms with Gasteiger partial charge in [-0.15, -0.1) is 0 Å². The van der Waals surface area contributed by atoms with Crippen LogP contribution >= 0.6 is 0 Å². The van der Waals surface area contributed by atoms with Crippen LogP contribution < -0.4 is 5.32 Å². The molecule has 0 fully saturated rings. The Morgan fingerprint density at radius 1 is 1.28 bits per heavy atom. The summed E-state index contributed by atoms with van der Waals surface area (Å²) in [6.07, 6.45) is 2.86. The first-order valence-corrected chi connectivity index (χ1v) is 6.27. The Bertz CT molecular complexity index is 463. The SMILES string of the molecule is CCC(CO)NCc1ccn(-c2ccccc2)n1. The summed E-state index contributed by atoms with van der Waals surface area (Å²) in [5.41, 5.74) is 2.03. The second kappa shape index (κ2) is 6.33. The van der Waals surface area contributed by atoms with E-state index in [1.54, 1.807) is 0 Å². The van der Waals surface area contributed by atoms with Crippen LogP contribution in [0, 0.1) is 0 Å². The largest absolute Gasteiger partial charge is 0.395 e. The number of hydrogen-bond acceptors (Lipinski definition) is 3. The van der Waals surface area contributed by atoms with Crippen LogP contribution in [0.1, 0.15) is 19.0 Å². The van der Waals surface area contributed by atoms with E-state index in [-0.39, 0.29) is 12.6 Å². The molecule has 0 radical (unpaired) electrons. The molecule has 0 amide bonds. The van der Waals surface area contributed by atoms with E-state index < -0.39 is 0 Å². The average molecular weight is 245 g/mol. The number of aromatic nitrogens is 2. The molecule has 1 unspecified atom stereocenters. The monoisotopic (exact) mass is 245 g/mol. The van der Waals surface area contributed by atoms with Gasteiger partial charge in [0, 0.05) is 18.8 Å². The first-order valence-electron chi connectivity index (χ1n) is 6.27. The van der Waals surface area contributed by atoms with Crippen LogP contribution in [-0.4, -0.2) is 27.5 Å². The zero-order valence-electron chi connectivity index (χ0n) is 10.6. The molecule has 2 N–H and O–H groups in total. The third-order valence-corrected chi connectivity index (χ3v) is 2.95. The van der Waals surface area contributed by atoms with Crippen LogP contribution in [0.25, 0.3) is 5.69 Å². The second-order valence-corrected chi connectivity index (χ2v) is 4.26. The smallest absolute Gasteiger partial charge is 0.0766 e. The summed E-state index contributed by atoms with van der Waals surface area (Å²) in [6.45, 7) is 2.89. The molecular formula is C14H19N3O. The van der Waals surface area contributed by atoms with Gasteiger partial charge in [-0.05, 0) is 24.6 Å². The van der Waals surface area contributed by atoms with Gasteiger partial charge in [-0.25, -0.2) is 4.68 Å². The van der Waals surface area contributed by atoms with E-state index in [1.807, 2.05) is 47.3 Å². The maximum atomic E-state index is 9.10. The van der Waals surface area contributed by atoms with Crippen molar-refractivity contribution in [1.29, 1.82) is 0 Å². The third kappa shape index (κ3) is 3.18. The molecule has 2 rings (SSSR count). The summed E-state index contributed by atoms with van der Waals surface area (Å²) in [7, 11) is 0. The van der Waals surface area contributed by atoms with Crippen molar-refractivity contribution < 1.29 is 5.11 Å². The van der Waals surface area contributed by atoms with Crippen molar-refractivity contribution in [2.45, 2.75) is 25.9 Å². The molecule has 2 aromatic rings. The highest BCUT2D eigenvalue weighted by Crippen LogP contribution is 2.06. The first kappa shape index (κ1) is 12.8. The van der Waals surface area contributed by atoms with Gasteiger partial charge in [0.15, 0.2) is 0 Å². The molecule has 0 aliphatic rings. The maximum Gasteiger partial charge on any atom is 0.0766 e. The summed E-state index contributed by atoms with van der Waals surface area (Å²) in [4.78, 5) is 0. The van der Waals surface area contributed by atoms with Gasteiger partial charge in [-0.2, -0.15) is 5.10 Å². The molecule has 1 aromatic carbocycles. The Hall–Kier alpha value is -1.65. The standard InChI is InChI=1S/C14H19N3O/c1-2-12(11-18)15-10-13-8-9-17(16-13)14-6-4-3-5-7-14/h3-9,12,15,18H,2,10-11H2,1H3. The molecule has 1 atom stereocenters. The number of aliphatic hydroxyl groups is 1. The highest BCUT2D eigenvalue weighted by Gasteiger charge is 2.05. The zero-order chi connectivity index (χ0) is 12.8. The number of nitrogens with zero attached hydrogens (tertiary/aromatic N) is 2. The number of rotatable bonds is 6. The van der Waals surface area contributed by atoms with Gasteiger partial charge in [0.2, 0.25) is 0 Å². The highest BCUT2D eigenvalue weighted by molar-refractivity contribution is 5.30. The Balaban J connectivity index is 1.98. The van der Waals surface area contributed by atoms with Crippen molar-refractivity contribution in [3.05, 3.63) is 48.3 Å². The summed E-state index contributed by atoms with van der Waals surface area (Å²) in [6, 6.07) is 12.2. The van der Waals surface area contributed by atoms with E-state index in [9.17, 15) is 0 Å². The summed E-state index contributed by atoms with van der Waals surface area (Å²) in [5.74, 6) is 0. The van der Waals surface area contributed by atoms with Crippen LogP contribution in [0.5, 0.6) is 0 Å². The van der Waals surface area contributed by atoms with E-state index in [2.05, 4.69) is 17.3 Å². The van der Waals surface area contributed by atoms with Gasteiger partial charge < -0.3 is 10.4 Å². The molecular weight excluding hydrogens is 226 g/mol. The Kier molecular flexibility index (Phi) is 4.50. The van der Waals surface area contributed by atoms with Crippen molar-refractivity contribution in [1.82, 2.24) is 15.1 Å². The first-order chi connectivity index (χ1) is 8.83. The lowest BCUT2D eigenvalue weighted by Gasteiger charge is -2.12. The van der Waals surface area contributed by atoms with Crippen molar-refractivity contribution in [2.24, 2.45) is 0 Å². The van der Waals surface area contributed by atoms with Crippen molar-refractivity contribution >= 4 is 0 Å². The highest BCUT2D eigenvalue weighted by atomic mass is 16.3. The summed E-state index contributed by atoms with van der Waals surface area (Å²) >= 11 is 0. The lowest BCUT2D eigenvalue weighted by atomic mass is 10.2.